The average molecular weight is 487 g/mol. The molecule has 2 amide bonds. The summed E-state index contributed by atoms with van der Waals surface area (Å²) in [5.74, 6) is 0.578. The van der Waals surface area contributed by atoms with Gasteiger partial charge in [-0.15, -0.1) is 0 Å². The predicted molar refractivity (Wildman–Crippen MR) is 124 cm³/mol. The zero-order valence-corrected chi connectivity index (χ0v) is 19.0. The lowest BCUT2D eigenvalue weighted by molar-refractivity contribution is -0.118. The number of amides is 2. The van der Waals surface area contributed by atoms with Gasteiger partial charge in [0.15, 0.2) is 16.7 Å². The van der Waals surface area contributed by atoms with E-state index in [2.05, 4.69) is 15.6 Å². The first-order chi connectivity index (χ1) is 15.9. The minimum Gasteiger partial charge on any atom is -0.454 e. The number of fused-ring (bicyclic) bond motifs is 1. The lowest BCUT2D eigenvalue weighted by Crippen LogP contribution is -2.30. The summed E-state index contributed by atoms with van der Waals surface area (Å²) in [6.07, 6.45) is 1.21. The maximum atomic E-state index is 12.6. The first-order valence-electron chi connectivity index (χ1n) is 9.81. The molecule has 1 aliphatic rings. The van der Waals surface area contributed by atoms with Crippen molar-refractivity contribution in [2.45, 2.75) is 11.7 Å². The van der Waals surface area contributed by atoms with Crippen molar-refractivity contribution in [2.24, 2.45) is 7.05 Å². The van der Waals surface area contributed by atoms with Crippen LogP contribution in [-0.2, 0) is 18.4 Å². The maximum absolute atomic E-state index is 12.6. The minimum absolute atomic E-state index is 0.0567. The second kappa shape index (κ2) is 9.97. The van der Waals surface area contributed by atoms with Crippen molar-refractivity contribution >= 4 is 40.9 Å². The second-order valence-corrected chi connectivity index (χ2v) is 8.41. The van der Waals surface area contributed by atoms with Crippen molar-refractivity contribution in [3.05, 3.63) is 75.2 Å². The molecule has 2 aromatic carbocycles. The van der Waals surface area contributed by atoms with Crippen LogP contribution in [0.2, 0.25) is 5.02 Å². The molecule has 11 heteroatoms. The van der Waals surface area contributed by atoms with Gasteiger partial charge in [0.1, 0.15) is 5.56 Å². The molecule has 1 aromatic heterocycles. The summed E-state index contributed by atoms with van der Waals surface area (Å²) in [7, 11) is 1.50. The van der Waals surface area contributed by atoms with Crippen LogP contribution < -0.4 is 25.7 Å². The molecule has 170 valence electrons. The molecular formula is C22H19ClN4O5S. The third kappa shape index (κ3) is 5.47. The molecule has 3 aromatic rings. The number of thioether (sulfide) groups is 1. The van der Waals surface area contributed by atoms with Crippen LogP contribution in [0.5, 0.6) is 11.5 Å². The lowest BCUT2D eigenvalue weighted by atomic mass is 10.2. The molecule has 0 aliphatic carbocycles. The van der Waals surface area contributed by atoms with E-state index in [-0.39, 0.29) is 24.0 Å². The van der Waals surface area contributed by atoms with Crippen molar-refractivity contribution in [2.75, 3.05) is 17.9 Å². The highest BCUT2D eigenvalue weighted by Gasteiger charge is 2.17. The number of hydrogen-bond acceptors (Lipinski definition) is 7. The van der Waals surface area contributed by atoms with Gasteiger partial charge in [0.05, 0.1) is 5.75 Å². The fourth-order valence-corrected chi connectivity index (χ4v) is 3.88. The third-order valence-electron chi connectivity index (χ3n) is 4.73. The standard InChI is InChI=1S/C22H19ClN4O5S/c1-27-21(30)16(20(29)26-15-5-3-14(23)4-6-15)10-25-22(27)33-11-19(28)24-9-13-2-7-17-18(8-13)32-12-31-17/h2-8,10H,9,11-12H2,1H3,(H,24,28)(H,26,29). The molecular weight excluding hydrogens is 468 g/mol. The SMILES string of the molecule is Cn1c(SCC(=O)NCc2ccc3c(c2)OCO3)ncc(C(=O)Nc2ccc(Cl)cc2)c1=O. The normalized spacial score (nSPS) is 11.8. The van der Waals surface area contributed by atoms with Crippen LogP contribution in [0.3, 0.4) is 0 Å². The summed E-state index contributed by atoms with van der Waals surface area (Å²) >= 11 is 6.93. The molecule has 0 spiro atoms. The molecule has 2 heterocycles. The number of ether oxygens (including phenoxy) is 2. The Bertz CT molecular complexity index is 1260. The third-order valence-corrected chi connectivity index (χ3v) is 6.03. The first-order valence-corrected chi connectivity index (χ1v) is 11.2. The van der Waals surface area contributed by atoms with Crippen molar-refractivity contribution in [1.82, 2.24) is 14.9 Å². The molecule has 0 fully saturated rings. The molecule has 33 heavy (non-hydrogen) atoms. The van der Waals surface area contributed by atoms with E-state index in [4.69, 9.17) is 21.1 Å². The van der Waals surface area contributed by atoms with E-state index in [1.807, 2.05) is 12.1 Å². The zero-order valence-electron chi connectivity index (χ0n) is 17.5. The van der Waals surface area contributed by atoms with Gasteiger partial charge in [0.2, 0.25) is 12.7 Å². The summed E-state index contributed by atoms with van der Waals surface area (Å²) < 4.78 is 11.8. The maximum Gasteiger partial charge on any atom is 0.266 e. The van der Waals surface area contributed by atoms with Crippen LogP contribution in [0.15, 0.2) is 58.6 Å². The van der Waals surface area contributed by atoms with E-state index in [0.717, 1.165) is 17.3 Å². The smallest absolute Gasteiger partial charge is 0.266 e. The number of halogens is 1. The number of carbonyl (C=O) groups is 2. The van der Waals surface area contributed by atoms with Gasteiger partial charge >= 0.3 is 0 Å². The van der Waals surface area contributed by atoms with Gasteiger partial charge in [-0.25, -0.2) is 4.98 Å². The van der Waals surface area contributed by atoms with Crippen LogP contribution in [0, 0.1) is 0 Å². The molecule has 1 aliphatic heterocycles. The molecule has 2 N–H and O–H groups in total. The Kier molecular flexibility index (Phi) is 6.85. The van der Waals surface area contributed by atoms with Crippen molar-refractivity contribution in [3.8, 4) is 11.5 Å². The van der Waals surface area contributed by atoms with Crippen LogP contribution in [0.1, 0.15) is 15.9 Å². The fourth-order valence-electron chi connectivity index (χ4n) is 2.98. The summed E-state index contributed by atoms with van der Waals surface area (Å²) in [4.78, 5) is 41.5. The van der Waals surface area contributed by atoms with Crippen LogP contribution >= 0.6 is 23.4 Å². The van der Waals surface area contributed by atoms with Gasteiger partial charge in [-0.2, -0.15) is 0 Å². The summed E-state index contributed by atoms with van der Waals surface area (Å²) in [5.41, 5.74) is 0.756. The van der Waals surface area contributed by atoms with Crippen LogP contribution in [0.25, 0.3) is 0 Å². The highest BCUT2D eigenvalue weighted by molar-refractivity contribution is 7.99. The van der Waals surface area contributed by atoms with Crippen molar-refractivity contribution < 1.29 is 19.1 Å². The Morgan fingerprint density at radius 3 is 2.70 bits per heavy atom. The number of benzene rings is 2. The molecule has 0 bridgehead atoms. The van der Waals surface area contributed by atoms with Gasteiger partial charge < -0.3 is 20.1 Å². The molecule has 0 saturated heterocycles. The summed E-state index contributed by atoms with van der Waals surface area (Å²) in [5, 5.41) is 6.30. The van der Waals surface area contributed by atoms with Gasteiger partial charge in [-0.1, -0.05) is 29.4 Å². The summed E-state index contributed by atoms with van der Waals surface area (Å²) in [6, 6.07) is 12.0. The number of aromatic nitrogens is 2. The monoisotopic (exact) mass is 486 g/mol. The van der Waals surface area contributed by atoms with Gasteiger partial charge in [-0.05, 0) is 42.0 Å². The van der Waals surface area contributed by atoms with Crippen molar-refractivity contribution in [1.29, 1.82) is 0 Å². The average Bonchev–Trinajstić information content (AvgIpc) is 3.28. The van der Waals surface area contributed by atoms with E-state index in [1.165, 1.54) is 17.8 Å². The number of carbonyl (C=O) groups excluding carboxylic acids is 2. The van der Waals surface area contributed by atoms with Crippen LogP contribution in [0.4, 0.5) is 5.69 Å². The molecule has 0 saturated carbocycles. The Morgan fingerprint density at radius 1 is 1.15 bits per heavy atom. The number of anilines is 1. The Hall–Kier alpha value is -3.50. The van der Waals surface area contributed by atoms with E-state index in [0.29, 0.717) is 33.9 Å². The quantitative estimate of drug-likeness (QED) is 0.390. The van der Waals surface area contributed by atoms with Crippen molar-refractivity contribution in [3.63, 3.8) is 0 Å². The van der Waals surface area contributed by atoms with Gasteiger partial charge in [0, 0.05) is 30.5 Å². The predicted octanol–water partition coefficient (Wildman–Crippen LogP) is 2.82. The highest BCUT2D eigenvalue weighted by atomic mass is 35.5. The number of hydrogen-bond donors (Lipinski definition) is 2. The van der Waals surface area contributed by atoms with Gasteiger partial charge in [0.25, 0.3) is 11.5 Å². The Morgan fingerprint density at radius 2 is 1.91 bits per heavy atom. The Balaban J connectivity index is 1.33. The number of nitrogens with one attached hydrogen (secondary N) is 2. The topological polar surface area (TPSA) is 112 Å². The lowest BCUT2D eigenvalue weighted by Gasteiger charge is -2.10. The van der Waals surface area contributed by atoms with E-state index in [1.54, 1.807) is 30.3 Å². The highest BCUT2D eigenvalue weighted by Crippen LogP contribution is 2.32. The minimum atomic E-state index is -0.580. The van der Waals surface area contributed by atoms with Gasteiger partial charge in [-0.3, -0.25) is 19.0 Å². The molecule has 0 unspecified atom stereocenters. The largest absolute Gasteiger partial charge is 0.454 e. The summed E-state index contributed by atoms with van der Waals surface area (Å²) in [6.45, 7) is 0.515. The van der Waals surface area contributed by atoms with E-state index in [9.17, 15) is 14.4 Å². The molecule has 0 atom stereocenters. The molecule has 9 nitrogen and oxygen atoms in total. The fraction of sp³-hybridized carbons (Fsp3) is 0.182. The van der Waals surface area contributed by atoms with E-state index < -0.39 is 11.5 Å². The molecule has 0 radical (unpaired) electrons. The number of rotatable bonds is 7. The van der Waals surface area contributed by atoms with Crippen LogP contribution in [-0.4, -0.2) is 33.9 Å². The Labute approximate surface area is 198 Å². The number of nitrogens with zero attached hydrogens (tertiary/aromatic N) is 2. The van der Waals surface area contributed by atoms with E-state index >= 15 is 0 Å². The molecule has 4 rings (SSSR count). The zero-order chi connectivity index (χ0) is 23.4. The first kappa shape index (κ1) is 22.7. The second-order valence-electron chi connectivity index (χ2n) is 7.03.